The van der Waals surface area contributed by atoms with Gasteiger partial charge in [-0.05, 0) is 19.1 Å². The molecule has 0 radical (unpaired) electrons. The second-order valence-electron chi connectivity index (χ2n) is 4.78. The molecule has 2 rings (SSSR count). The van der Waals surface area contributed by atoms with Crippen molar-refractivity contribution in [2.24, 2.45) is 5.73 Å². The summed E-state index contributed by atoms with van der Waals surface area (Å²) in [7, 11) is -3.75. The maximum Gasteiger partial charge on any atom is 0.243 e. The van der Waals surface area contributed by atoms with E-state index in [1.54, 1.807) is 12.1 Å². The molecule has 1 aliphatic heterocycles. The average Bonchev–Trinajstić information content (AvgIpc) is 2.66. The third kappa shape index (κ3) is 2.52. The Morgan fingerprint density at radius 1 is 1.37 bits per heavy atom. The summed E-state index contributed by atoms with van der Waals surface area (Å²) in [6.07, 6.45) is -0.961. The quantitative estimate of drug-likeness (QED) is 0.664. The summed E-state index contributed by atoms with van der Waals surface area (Å²) < 4.78 is 26.0. The van der Waals surface area contributed by atoms with Crippen molar-refractivity contribution in [2.75, 3.05) is 13.2 Å². The Morgan fingerprint density at radius 2 is 1.95 bits per heavy atom. The van der Waals surface area contributed by atoms with Crippen LogP contribution < -0.4 is 5.73 Å². The zero-order valence-electron chi connectivity index (χ0n) is 10.6. The summed E-state index contributed by atoms with van der Waals surface area (Å²) in [6, 6.07) is 4.86. The van der Waals surface area contributed by atoms with Crippen LogP contribution in [0.15, 0.2) is 29.2 Å². The van der Waals surface area contributed by atoms with Crippen LogP contribution in [0, 0.1) is 6.92 Å². The van der Waals surface area contributed by atoms with E-state index in [-0.39, 0.29) is 11.4 Å². The molecule has 0 amide bonds. The second kappa shape index (κ2) is 5.18. The molecule has 0 bridgehead atoms. The standard InChI is InChI=1S/C12H18N2O4S/c1-8-2-4-9(5-3-8)19(17,18)14-6-11(16)12(13)10(14)7-15/h2-5,10-12,15-16H,6-7,13H2,1H3/t10-,11-,12-/m1/s1. The highest BCUT2D eigenvalue weighted by atomic mass is 32.2. The highest BCUT2D eigenvalue weighted by Gasteiger charge is 2.44. The molecule has 1 aromatic carbocycles. The summed E-state index contributed by atoms with van der Waals surface area (Å²) in [5, 5.41) is 19.0. The number of nitrogens with zero attached hydrogens (tertiary/aromatic N) is 1. The van der Waals surface area contributed by atoms with Gasteiger partial charge in [-0.3, -0.25) is 0 Å². The second-order valence-corrected chi connectivity index (χ2v) is 6.67. The van der Waals surface area contributed by atoms with Crippen molar-refractivity contribution in [3.63, 3.8) is 0 Å². The van der Waals surface area contributed by atoms with E-state index in [4.69, 9.17) is 5.73 Å². The Kier molecular flexibility index (Phi) is 3.93. The minimum atomic E-state index is -3.75. The third-order valence-corrected chi connectivity index (χ3v) is 5.35. The van der Waals surface area contributed by atoms with Crippen molar-refractivity contribution in [1.82, 2.24) is 4.31 Å². The Balaban J connectivity index is 2.37. The lowest BCUT2D eigenvalue weighted by atomic mass is 10.1. The molecule has 19 heavy (non-hydrogen) atoms. The van der Waals surface area contributed by atoms with Crippen LogP contribution in [0.1, 0.15) is 5.56 Å². The van der Waals surface area contributed by atoms with E-state index in [1.165, 1.54) is 12.1 Å². The van der Waals surface area contributed by atoms with E-state index in [0.29, 0.717) is 0 Å². The van der Waals surface area contributed by atoms with Gasteiger partial charge in [0.2, 0.25) is 10.0 Å². The van der Waals surface area contributed by atoms with Crippen molar-refractivity contribution < 1.29 is 18.6 Å². The number of nitrogens with two attached hydrogens (primary N) is 1. The average molecular weight is 286 g/mol. The summed E-state index contributed by atoms with van der Waals surface area (Å²) in [5.74, 6) is 0. The largest absolute Gasteiger partial charge is 0.395 e. The van der Waals surface area contributed by atoms with Gasteiger partial charge in [0.1, 0.15) is 0 Å². The number of aryl methyl sites for hydroxylation is 1. The summed E-state index contributed by atoms with van der Waals surface area (Å²) in [6.45, 7) is 1.36. The lowest BCUT2D eigenvalue weighted by molar-refractivity contribution is 0.162. The lowest BCUT2D eigenvalue weighted by Crippen LogP contribution is -2.46. The SMILES string of the molecule is Cc1ccc(S(=O)(=O)N2C[C@@H](O)[C@H](N)[C@H]2CO)cc1. The first-order chi connectivity index (χ1) is 8.87. The zero-order chi connectivity index (χ0) is 14.2. The number of β-amino-alcohol motifs (C(OH)–C–C–N with tert-alkyl or cyclic N) is 1. The van der Waals surface area contributed by atoms with E-state index in [2.05, 4.69) is 0 Å². The van der Waals surface area contributed by atoms with Crippen LogP contribution in [-0.4, -0.2) is 54.3 Å². The third-order valence-electron chi connectivity index (χ3n) is 3.44. The van der Waals surface area contributed by atoms with Crippen molar-refractivity contribution in [1.29, 1.82) is 0 Å². The van der Waals surface area contributed by atoms with E-state index < -0.39 is 34.8 Å². The van der Waals surface area contributed by atoms with E-state index in [9.17, 15) is 18.6 Å². The fourth-order valence-corrected chi connectivity index (χ4v) is 3.89. The molecular formula is C12H18N2O4S. The molecular weight excluding hydrogens is 268 g/mol. The first-order valence-corrected chi connectivity index (χ1v) is 7.45. The number of benzene rings is 1. The van der Waals surface area contributed by atoms with Crippen LogP contribution in [-0.2, 0) is 10.0 Å². The molecule has 0 unspecified atom stereocenters. The van der Waals surface area contributed by atoms with E-state index >= 15 is 0 Å². The Labute approximate surface area is 112 Å². The minimum absolute atomic E-state index is 0.0946. The maximum atomic E-state index is 12.5. The summed E-state index contributed by atoms with van der Waals surface area (Å²) in [4.78, 5) is 0.137. The van der Waals surface area contributed by atoms with Crippen LogP contribution >= 0.6 is 0 Å². The van der Waals surface area contributed by atoms with Gasteiger partial charge < -0.3 is 15.9 Å². The molecule has 4 N–H and O–H groups in total. The Morgan fingerprint density at radius 3 is 2.47 bits per heavy atom. The number of hydrogen-bond acceptors (Lipinski definition) is 5. The normalized spacial score (nSPS) is 28.7. The molecule has 7 heteroatoms. The van der Waals surface area contributed by atoms with Gasteiger partial charge in [0.05, 0.1) is 29.7 Å². The Hall–Kier alpha value is -0.990. The van der Waals surface area contributed by atoms with Crippen molar-refractivity contribution in [3.05, 3.63) is 29.8 Å². The molecule has 1 fully saturated rings. The molecule has 0 aromatic heterocycles. The van der Waals surface area contributed by atoms with Crippen LogP contribution in [0.3, 0.4) is 0 Å². The molecule has 106 valence electrons. The molecule has 0 aliphatic carbocycles. The molecule has 1 saturated heterocycles. The van der Waals surface area contributed by atoms with Gasteiger partial charge in [0.15, 0.2) is 0 Å². The Bertz CT molecular complexity index is 543. The zero-order valence-corrected chi connectivity index (χ0v) is 11.4. The fourth-order valence-electron chi connectivity index (χ4n) is 2.22. The first kappa shape index (κ1) is 14.4. The van der Waals surface area contributed by atoms with Gasteiger partial charge in [0, 0.05) is 6.54 Å². The molecule has 3 atom stereocenters. The van der Waals surface area contributed by atoms with Crippen LogP contribution in [0.4, 0.5) is 0 Å². The monoisotopic (exact) mass is 286 g/mol. The molecule has 0 spiro atoms. The summed E-state index contributed by atoms with van der Waals surface area (Å²) in [5.41, 5.74) is 6.66. The van der Waals surface area contributed by atoms with E-state index in [1.807, 2.05) is 6.92 Å². The van der Waals surface area contributed by atoms with Crippen molar-refractivity contribution >= 4 is 10.0 Å². The number of aliphatic hydroxyl groups is 2. The predicted molar refractivity (Wildman–Crippen MR) is 69.9 cm³/mol. The lowest BCUT2D eigenvalue weighted by Gasteiger charge is -2.24. The topological polar surface area (TPSA) is 104 Å². The van der Waals surface area contributed by atoms with Gasteiger partial charge in [-0.15, -0.1) is 0 Å². The highest BCUT2D eigenvalue weighted by molar-refractivity contribution is 7.89. The molecule has 1 aliphatic rings. The highest BCUT2D eigenvalue weighted by Crippen LogP contribution is 2.25. The van der Waals surface area contributed by atoms with Crippen LogP contribution in [0.25, 0.3) is 0 Å². The van der Waals surface area contributed by atoms with Crippen molar-refractivity contribution in [3.8, 4) is 0 Å². The van der Waals surface area contributed by atoms with Crippen LogP contribution in [0.2, 0.25) is 0 Å². The fraction of sp³-hybridized carbons (Fsp3) is 0.500. The first-order valence-electron chi connectivity index (χ1n) is 6.01. The van der Waals surface area contributed by atoms with Crippen LogP contribution in [0.5, 0.6) is 0 Å². The number of hydrogen-bond donors (Lipinski definition) is 3. The molecule has 0 saturated carbocycles. The van der Waals surface area contributed by atoms with Gasteiger partial charge in [-0.25, -0.2) is 8.42 Å². The van der Waals surface area contributed by atoms with Gasteiger partial charge in [0.25, 0.3) is 0 Å². The van der Waals surface area contributed by atoms with E-state index in [0.717, 1.165) is 9.87 Å². The smallest absolute Gasteiger partial charge is 0.243 e. The van der Waals surface area contributed by atoms with Crippen molar-refractivity contribution in [2.45, 2.75) is 30.0 Å². The molecule has 1 aromatic rings. The number of aliphatic hydroxyl groups excluding tert-OH is 2. The minimum Gasteiger partial charge on any atom is -0.395 e. The predicted octanol–water partition coefficient (Wildman–Crippen LogP) is -0.952. The number of rotatable bonds is 3. The maximum absolute atomic E-state index is 12.5. The molecule has 6 nitrogen and oxygen atoms in total. The molecule has 1 heterocycles. The van der Waals surface area contributed by atoms with Gasteiger partial charge >= 0.3 is 0 Å². The number of sulfonamides is 1. The van der Waals surface area contributed by atoms with Gasteiger partial charge in [-0.1, -0.05) is 17.7 Å². The summed E-state index contributed by atoms with van der Waals surface area (Å²) >= 11 is 0. The van der Waals surface area contributed by atoms with Gasteiger partial charge in [-0.2, -0.15) is 4.31 Å².